The number of ketones is 1. The number of esters is 2. The molecule has 32 heavy (non-hydrogen) atoms. The molecule has 0 saturated carbocycles. The van der Waals surface area contributed by atoms with E-state index in [4.69, 9.17) is 9.47 Å². The summed E-state index contributed by atoms with van der Waals surface area (Å²) in [5.74, 6) is -1.79. The number of hydrogen-bond acceptors (Lipinski definition) is 6. The van der Waals surface area contributed by atoms with E-state index in [2.05, 4.69) is 12.2 Å². The van der Waals surface area contributed by atoms with Crippen molar-refractivity contribution in [3.8, 4) is 0 Å². The highest BCUT2D eigenvalue weighted by molar-refractivity contribution is 5.97. The number of rotatable bonds is 15. The van der Waals surface area contributed by atoms with Crippen molar-refractivity contribution in [3.63, 3.8) is 0 Å². The lowest BCUT2D eigenvalue weighted by atomic mass is 9.90. The SMILES string of the molecule is CCCCCCCCc1ccc(C(=O)CC(COC(C)=O)(COC(C)=O)NC(C)=O)cc1. The second-order valence-electron chi connectivity index (χ2n) is 8.34. The Labute approximate surface area is 191 Å². The Morgan fingerprint density at radius 2 is 1.34 bits per heavy atom. The number of carbonyl (C=O) groups is 4. The minimum absolute atomic E-state index is 0.177. The highest BCUT2D eigenvalue weighted by Gasteiger charge is 2.37. The largest absolute Gasteiger partial charge is 0.463 e. The van der Waals surface area contributed by atoms with Crippen molar-refractivity contribution < 1.29 is 28.7 Å². The summed E-state index contributed by atoms with van der Waals surface area (Å²) in [5, 5.41) is 2.65. The topological polar surface area (TPSA) is 98.8 Å². The lowest BCUT2D eigenvalue weighted by molar-refractivity contribution is -0.150. The number of hydrogen-bond donors (Lipinski definition) is 1. The van der Waals surface area contributed by atoms with Crippen LogP contribution in [0.4, 0.5) is 0 Å². The lowest BCUT2D eigenvalue weighted by Crippen LogP contribution is -2.56. The van der Waals surface area contributed by atoms with Gasteiger partial charge in [-0.05, 0) is 18.4 Å². The number of nitrogens with one attached hydrogen (secondary N) is 1. The monoisotopic (exact) mass is 447 g/mol. The van der Waals surface area contributed by atoms with Gasteiger partial charge in [0.1, 0.15) is 18.8 Å². The predicted molar refractivity (Wildman–Crippen MR) is 122 cm³/mol. The van der Waals surface area contributed by atoms with E-state index in [1.54, 1.807) is 12.1 Å². The van der Waals surface area contributed by atoms with Gasteiger partial charge in [0.2, 0.25) is 5.91 Å². The molecule has 0 spiro atoms. The molecule has 0 aromatic heterocycles. The van der Waals surface area contributed by atoms with Gasteiger partial charge in [-0.25, -0.2) is 0 Å². The van der Waals surface area contributed by atoms with Gasteiger partial charge < -0.3 is 14.8 Å². The van der Waals surface area contributed by atoms with Crippen LogP contribution in [0.15, 0.2) is 24.3 Å². The van der Waals surface area contributed by atoms with Gasteiger partial charge in [-0.3, -0.25) is 19.2 Å². The Morgan fingerprint density at radius 3 is 1.84 bits per heavy atom. The molecule has 7 heteroatoms. The van der Waals surface area contributed by atoms with E-state index >= 15 is 0 Å². The van der Waals surface area contributed by atoms with Crippen LogP contribution in [-0.2, 0) is 30.3 Å². The minimum Gasteiger partial charge on any atom is -0.463 e. The quantitative estimate of drug-likeness (QED) is 0.246. The molecular weight excluding hydrogens is 410 g/mol. The summed E-state index contributed by atoms with van der Waals surface area (Å²) in [6.45, 7) is 5.39. The Bertz CT molecular complexity index is 738. The molecule has 0 aliphatic carbocycles. The summed E-state index contributed by atoms with van der Waals surface area (Å²) in [6, 6.07) is 7.42. The highest BCUT2D eigenvalue weighted by atomic mass is 16.5. The zero-order valence-corrected chi connectivity index (χ0v) is 19.8. The number of Topliss-reactive ketones (excluding diaryl/α,β-unsaturated/α-hetero) is 1. The Morgan fingerprint density at radius 1 is 0.812 bits per heavy atom. The van der Waals surface area contributed by atoms with Crippen molar-refractivity contribution >= 4 is 23.6 Å². The van der Waals surface area contributed by atoms with Gasteiger partial charge in [0.05, 0.1) is 0 Å². The number of unbranched alkanes of at least 4 members (excludes halogenated alkanes) is 5. The third-order valence-corrected chi connectivity index (χ3v) is 5.14. The Balaban J connectivity index is 2.82. The van der Waals surface area contributed by atoms with Crippen LogP contribution in [0.2, 0.25) is 0 Å². The van der Waals surface area contributed by atoms with Crippen molar-refractivity contribution in [1.82, 2.24) is 5.32 Å². The maximum Gasteiger partial charge on any atom is 0.302 e. The average Bonchev–Trinajstić information content (AvgIpc) is 2.73. The molecule has 0 bridgehead atoms. The zero-order valence-electron chi connectivity index (χ0n) is 19.8. The molecular formula is C25H37NO6. The molecule has 1 rings (SSSR count). The summed E-state index contributed by atoms with van der Waals surface area (Å²) < 4.78 is 10.2. The van der Waals surface area contributed by atoms with Gasteiger partial charge in [-0.2, -0.15) is 0 Å². The third kappa shape index (κ3) is 11.1. The molecule has 0 fully saturated rings. The molecule has 7 nitrogen and oxygen atoms in total. The fourth-order valence-electron chi connectivity index (χ4n) is 3.49. The molecule has 0 radical (unpaired) electrons. The van der Waals surface area contributed by atoms with Gasteiger partial charge in [0, 0.05) is 32.8 Å². The average molecular weight is 448 g/mol. The van der Waals surface area contributed by atoms with Gasteiger partial charge in [0.25, 0.3) is 0 Å². The molecule has 0 saturated heterocycles. The van der Waals surface area contributed by atoms with E-state index in [1.807, 2.05) is 12.1 Å². The standard InChI is InChI=1S/C25H37NO6/c1-5-6-7-8-9-10-11-22-12-14-23(15-13-22)24(30)16-25(26-19(2)27,17-31-20(3)28)18-32-21(4)29/h12-15H,5-11,16-18H2,1-4H3,(H,26,27). The van der Waals surface area contributed by atoms with Crippen molar-refractivity contribution in [2.24, 2.45) is 0 Å². The normalized spacial score (nSPS) is 11.0. The molecule has 178 valence electrons. The highest BCUT2D eigenvalue weighted by Crippen LogP contribution is 2.19. The Kier molecular flexibility index (Phi) is 12.3. The molecule has 0 aliphatic heterocycles. The molecule has 1 amide bonds. The molecule has 0 aliphatic rings. The van der Waals surface area contributed by atoms with Crippen LogP contribution in [0, 0.1) is 0 Å². The number of amides is 1. The second-order valence-corrected chi connectivity index (χ2v) is 8.34. The lowest BCUT2D eigenvalue weighted by Gasteiger charge is -2.32. The number of carbonyl (C=O) groups excluding carboxylic acids is 4. The van der Waals surface area contributed by atoms with Crippen LogP contribution in [-0.4, -0.2) is 42.4 Å². The van der Waals surface area contributed by atoms with Crippen LogP contribution in [0.25, 0.3) is 0 Å². The summed E-state index contributed by atoms with van der Waals surface area (Å²) in [4.78, 5) is 47.4. The first kappa shape index (κ1) is 27.3. The summed E-state index contributed by atoms with van der Waals surface area (Å²) in [5.41, 5.74) is 0.319. The van der Waals surface area contributed by atoms with E-state index in [-0.39, 0.29) is 25.4 Å². The van der Waals surface area contributed by atoms with Crippen LogP contribution in [0.1, 0.15) is 88.6 Å². The minimum atomic E-state index is -1.34. The number of ether oxygens (including phenoxy) is 2. The van der Waals surface area contributed by atoms with Crippen LogP contribution in [0.5, 0.6) is 0 Å². The van der Waals surface area contributed by atoms with Crippen LogP contribution < -0.4 is 5.32 Å². The zero-order chi connectivity index (χ0) is 24.0. The van der Waals surface area contributed by atoms with Crippen LogP contribution >= 0.6 is 0 Å². The van der Waals surface area contributed by atoms with E-state index in [0.717, 1.165) is 12.8 Å². The first-order valence-corrected chi connectivity index (χ1v) is 11.3. The maximum atomic E-state index is 13.0. The number of benzene rings is 1. The maximum absolute atomic E-state index is 13.0. The van der Waals surface area contributed by atoms with Gasteiger partial charge in [-0.15, -0.1) is 0 Å². The smallest absolute Gasteiger partial charge is 0.302 e. The molecule has 0 atom stereocenters. The second kappa shape index (κ2) is 14.4. The van der Waals surface area contributed by atoms with Crippen molar-refractivity contribution in [2.45, 2.75) is 84.6 Å². The van der Waals surface area contributed by atoms with Crippen molar-refractivity contribution in [2.75, 3.05) is 13.2 Å². The molecule has 0 unspecified atom stereocenters. The van der Waals surface area contributed by atoms with Crippen LogP contribution in [0.3, 0.4) is 0 Å². The summed E-state index contributed by atoms with van der Waals surface area (Å²) >= 11 is 0. The first-order chi connectivity index (χ1) is 15.2. The van der Waals surface area contributed by atoms with E-state index in [9.17, 15) is 19.2 Å². The fraction of sp³-hybridized carbons (Fsp3) is 0.600. The van der Waals surface area contributed by atoms with E-state index in [1.165, 1.54) is 58.4 Å². The molecule has 1 N–H and O–H groups in total. The molecule has 1 aromatic carbocycles. The first-order valence-electron chi connectivity index (χ1n) is 11.3. The van der Waals surface area contributed by atoms with Crippen molar-refractivity contribution in [1.29, 1.82) is 0 Å². The van der Waals surface area contributed by atoms with Gasteiger partial charge in [-0.1, -0.05) is 63.3 Å². The summed E-state index contributed by atoms with van der Waals surface area (Å²) in [7, 11) is 0. The number of aryl methyl sites for hydroxylation is 1. The Hall–Kier alpha value is -2.70. The van der Waals surface area contributed by atoms with E-state index in [0.29, 0.717) is 5.56 Å². The van der Waals surface area contributed by atoms with E-state index < -0.39 is 23.4 Å². The third-order valence-electron chi connectivity index (χ3n) is 5.14. The summed E-state index contributed by atoms with van der Waals surface area (Å²) in [6.07, 6.45) is 8.16. The molecule has 0 heterocycles. The van der Waals surface area contributed by atoms with Gasteiger partial charge >= 0.3 is 11.9 Å². The van der Waals surface area contributed by atoms with Gasteiger partial charge in [0.15, 0.2) is 5.78 Å². The van der Waals surface area contributed by atoms with Crippen molar-refractivity contribution in [3.05, 3.63) is 35.4 Å². The fourth-order valence-corrected chi connectivity index (χ4v) is 3.49. The predicted octanol–water partition coefficient (Wildman–Crippen LogP) is 4.16. The molecule has 1 aromatic rings.